The zero-order valence-corrected chi connectivity index (χ0v) is 14.3. The highest BCUT2D eigenvalue weighted by molar-refractivity contribution is 6.35. The van der Waals surface area contributed by atoms with E-state index in [1.54, 1.807) is 6.07 Å². The molecule has 2 unspecified atom stereocenters. The second-order valence-electron chi connectivity index (χ2n) is 6.27. The number of benzene rings is 1. The number of ketones is 2. The zero-order valence-electron chi connectivity index (χ0n) is 13.6. The van der Waals surface area contributed by atoms with Crippen LogP contribution in [0.3, 0.4) is 0 Å². The Bertz CT molecular complexity index is 683. The number of methoxy groups -OCH3 is 2. The number of hydrogen-bond donors (Lipinski definition) is 0. The molecule has 0 aromatic heterocycles. The first-order chi connectivity index (χ1) is 10.9. The molecule has 1 aliphatic heterocycles. The van der Waals surface area contributed by atoms with Crippen molar-refractivity contribution >= 4 is 23.2 Å². The molecule has 0 saturated heterocycles. The highest BCUT2D eigenvalue weighted by Gasteiger charge is 2.59. The zero-order chi connectivity index (χ0) is 16.9. The molecule has 124 valence electrons. The van der Waals surface area contributed by atoms with E-state index in [0.717, 1.165) is 0 Å². The van der Waals surface area contributed by atoms with Gasteiger partial charge in [-0.2, -0.15) is 0 Å². The molecule has 0 bridgehead atoms. The molecule has 3 atom stereocenters. The molecule has 1 aromatic carbocycles. The second kappa shape index (κ2) is 5.41. The number of Topliss-reactive ketones (excluding diaryl/α,β-unsaturated/α-hetero) is 2. The SMILES string of the molecule is COc1cc(OC)c2c(c1Cl)OC1(C2=O)C(C)CC(=O)C[C@H]1C. The minimum atomic E-state index is -1.07. The highest BCUT2D eigenvalue weighted by Crippen LogP contribution is 2.55. The van der Waals surface area contributed by atoms with E-state index in [4.69, 9.17) is 25.8 Å². The lowest BCUT2D eigenvalue weighted by Crippen LogP contribution is -2.55. The van der Waals surface area contributed by atoms with Gasteiger partial charge >= 0.3 is 0 Å². The summed E-state index contributed by atoms with van der Waals surface area (Å²) in [6, 6.07) is 1.59. The van der Waals surface area contributed by atoms with Crippen LogP contribution < -0.4 is 14.2 Å². The summed E-state index contributed by atoms with van der Waals surface area (Å²) < 4.78 is 16.7. The van der Waals surface area contributed by atoms with Gasteiger partial charge in [0.1, 0.15) is 27.9 Å². The van der Waals surface area contributed by atoms with Crippen LogP contribution in [0, 0.1) is 11.8 Å². The van der Waals surface area contributed by atoms with Gasteiger partial charge in [0.25, 0.3) is 0 Å². The van der Waals surface area contributed by atoms with E-state index in [2.05, 4.69) is 0 Å². The summed E-state index contributed by atoms with van der Waals surface area (Å²) in [5.41, 5.74) is -0.731. The predicted molar refractivity (Wildman–Crippen MR) is 84.8 cm³/mol. The van der Waals surface area contributed by atoms with E-state index in [-0.39, 0.29) is 28.4 Å². The van der Waals surface area contributed by atoms with Crippen LogP contribution >= 0.6 is 11.6 Å². The third-order valence-corrected chi connectivity index (χ3v) is 5.33. The number of carbonyl (C=O) groups is 2. The molecule has 0 amide bonds. The molecular weight excluding hydrogens is 320 g/mol. The van der Waals surface area contributed by atoms with Gasteiger partial charge in [-0.05, 0) is 0 Å². The number of hydrogen-bond acceptors (Lipinski definition) is 5. The van der Waals surface area contributed by atoms with E-state index in [9.17, 15) is 9.59 Å². The van der Waals surface area contributed by atoms with Crippen molar-refractivity contribution in [3.63, 3.8) is 0 Å². The van der Waals surface area contributed by atoms with Crippen molar-refractivity contribution in [1.82, 2.24) is 0 Å². The summed E-state index contributed by atoms with van der Waals surface area (Å²) in [6.45, 7) is 3.74. The normalized spacial score (nSPS) is 29.4. The molecule has 1 aromatic rings. The van der Waals surface area contributed by atoms with Gasteiger partial charge in [-0.1, -0.05) is 25.4 Å². The Balaban J connectivity index is 2.19. The fourth-order valence-electron chi connectivity index (χ4n) is 3.82. The highest BCUT2D eigenvalue weighted by atomic mass is 35.5. The number of ether oxygens (including phenoxy) is 3. The molecule has 1 fully saturated rings. The molecule has 1 saturated carbocycles. The molecule has 0 radical (unpaired) electrons. The molecular formula is C17H19ClO5. The van der Waals surface area contributed by atoms with Crippen LogP contribution in [0.1, 0.15) is 37.0 Å². The van der Waals surface area contributed by atoms with Crippen LogP contribution in [0.5, 0.6) is 17.2 Å². The van der Waals surface area contributed by atoms with Gasteiger partial charge in [0.2, 0.25) is 5.78 Å². The van der Waals surface area contributed by atoms with Crippen LogP contribution in [-0.2, 0) is 4.79 Å². The first kappa shape index (κ1) is 16.1. The molecule has 2 aliphatic rings. The molecule has 23 heavy (non-hydrogen) atoms. The van der Waals surface area contributed by atoms with Crippen LogP contribution in [0.2, 0.25) is 5.02 Å². The first-order valence-electron chi connectivity index (χ1n) is 7.56. The molecule has 3 rings (SSSR count). The fraction of sp³-hybridized carbons (Fsp3) is 0.529. The summed E-state index contributed by atoms with van der Waals surface area (Å²) in [5, 5.41) is 0.254. The molecule has 6 heteroatoms. The number of fused-ring (bicyclic) bond motifs is 1. The maximum Gasteiger partial charge on any atom is 0.214 e. The molecule has 1 spiro atoms. The lowest BCUT2D eigenvalue weighted by Gasteiger charge is -2.41. The van der Waals surface area contributed by atoms with Crippen molar-refractivity contribution < 1.29 is 23.8 Å². The average Bonchev–Trinajstić information content (AvgIpc) is 2.82. The van der Waals surface area contributed by atoms with Crippen molar-refractivity contribution in [2.75, 3.05) is 14.2 Å². The first-order valence-corrected chi connectivity index (χ1v) is 7.94. The van der Waals surface area contributed by atoms with E-state index >= 15 is 0 Å². The summed E-state index contributed by atoms with van der Waals surface area (Å²) in [6.07, 6.45) is 0.641. The lowest BCUT2D eigenvalue weighted by molar-refractivity contribution is -0.129. The molecule has 5 nitrogen and oxygen atoms in total. The average molecular weight is 339 g/mol. The van der Waals surface area contributed by atoms with Crippen molar-refractivity contribution in [3.8, 4) is 17.2 Å². The van der Waals surface area contributed by atoms with Gasteiger partial charge in [0.05, 0.1) is 14.2 Å². The standard InChI is InChI=1S/C17H19ClO5/c1-8-5-10(19)6-9(2)17(8)16(20)13-11(21-3)7-12(22-4)14(18)15(13)23-17/h7-9H,5-6H2,1-4H3/t8-,9?,17?/m1/s1. The monoisotopic (exact) mass is 338 g/mol. The van der Waals surface area contributed by atoms with Crippen molar-refractivity contribution in [2.24, 2.45) is 11.8 Å². The molecule has 0 N–H and O–H groups in total. The van der Waals surface area contributed by atoms with E-state index in [0.29, 0.717) is 35.7 Å². The second-order valence-corrected chi connectivity index (χ2v) is 6.65. The maximum absolute atomic E-state index is 13.2. The fourth-order valence-corrected chi connectivity index (χ4v) is 4.09. The quantitative estimate of drug-likeness (QED) is 0.828. The predicted octanol–water partition coefficient (Wildman–Crippen LogP) is 3.31. The minimum Gasteiger partial charge on any atom is -0.496 e. The summed E-state index contributed by atoms with van der Waals surface area (Å²) in [4.78, 5) is 25.1. The number of rotatable bonds is 2. The van der Waals surface area contributed by atoms with Gasteiger partial charge in [-0.3, -0.25) is 9.59 Å². The van der Waals surface area contributed by atoms with E-state index in [1.165, 1.54) is 14.2 Å². The third kappa shape index (κ3) is 2.06. The summed E-state index contributed by atoms with van der Waals surface area (Å²) in [5.74, 6) is 0.579. The van der Waals surface area contributed by atoms with Gasteiger partial charge in [-0.25, -0.2) is 0 Å². The van der Waals surface area contributed by atoms with Crippen LogP contribution in [0.15, 0.2) is 6.07 Å². The summed E-state index contributed by atoms with van der Waals surface area (Å²) >= 11 is 6.35. The van der Waals surface area contributed by atoms with Crippen molar-refractivity contribution in [2.45, 2.75) is 32.3 Å². The van der Waals surface area contributed by atoms with Crippen molar-refractivity contribution in [3.05, 3.63) is 16.7 Å². The Morgan fingerprint density at radius 1 is 1.13 bits per heavy atom. The Hall–Kier alpha value is -1.75. The summed E-state index contributed by atoms with van der Waals surface area (Å²) in [7, 11) is 2.97. The van der Waals surface area contributed by atoms with Gasteiger partial charge in [0, 0.05) is 30.7 Å². The van der Waals surface area contributed by atoms with Gasteiger partial charge in [0.15, 0.2) is 11.4 Å². The topological polar surface area (TPSA) is 61.8 Å². The number of halogens is 1. The third-order valence-electron chi connectivity index (χ3n) is 4.98. The van der Waals surface area contributed by atoms with Gasteiger partial charge < -0.3 is 14.2 Å². The smallest absolute Gasteiger partial charge is 0.214 e. The Morgan fingerprint density at radius 2 is 1.70 bits per heavy atom. The minimum absolute atomic E-state index is 0.152. The Morgan fingerprint density at radius 3 is 2.22 bits per heavy atom. The maximum atomic E-state index is 13.2. The van der Waals surface area contributed by atoms with Crippen molar-refractivity contribution in [1.29, 1.82) is 0 Å². The molecule has 1 heterocycles. The Labute approximate surface area is 139 Å². The lowest BCUT2D eigenvalue weighted by atomic mass is 9.67. The largest absolute Gasteiger partial charge is 0.496 e. The van der Waals surface area contributed by atoms with Crippen LogP contribution in [-0.4, -0.2) is 31.4 Å². The van der Waals surface area contributed by atoms with E-state index in [1.807, 2.05) is 13.8 Å². The van der Waals surface area contributed by atoms with E-state index < -0.39 is 5.60 Å². The molecule has 1 aliphatic carbocycles. The van der Waals surface area contributed by atoms with Crippen LogP contribution in [0.25, 0.3) is 0 Å². The number of carbonyl (C=O) groups excluding carboxylic acids is 2. The Kier molecular flexibility index (Phi) is 3.79. The van der Waals surface area contributed by atoms with Crippen LogP contribution in [0.4, 0.5) is 0 Å². The van der Waals surface area contributed by atoms with Gasteiger partial charge in [-0.15, -0.1) is 0 Å².